The number of aliphatic hydroxyl groups is 1. The number of β-lactam (4-membered cyclic amide) rings is 1. The lowest BCUT2D eigenvalue weighted by Gasteiger charge is -2.44. The van der Waals surface area contributed by atoms with Crippen molar-refractivity contribution in [2.45, 2.75) is 131 Å². The van der Waals surface area contributed by atoms with E-state index in [-0.39, 0.29) is 134 Å². The summed E-state index contributed by atoms with van der Waals surface area (Å²) >= 11 is 0. The number of hydrogen-bond acceptors (Lipinski definition) is 19. The molecule has 9 N–H and O–H groups in total. The fourth-order valence-corrected chi connectivity index (χ4v) is 36.2. The standard InChI is InChI=1S/C28H26FN3O6S2.C19H22FNO2.C12H17NO2.C11H12N2O6S2.C10H11NO.C9H10.C3H8.ClH/c1-39(35,36)11-13-4-7-17-18(8-13)40(37,38)31-27(30-17)24-26(33)23-21-16-9-15-19(21)20(15)22(16)25(23)32(28(24)34)10-12-2-5-14(29)6-3-12;1-2-23-19(22)17-15-12-7-11-13(15)14(11)16(12)18(17)21-8-9-3-5-10(20)6-4-9;1-2-15-12(14)10-8-5-3-4-6(8)7(4)9(5)11(10)13;1-20(16,17)6-7-2-3-8-9(4-7)21(18,19)13-10(12-8)5-11(14)15;12-10-8-6-3-1-2-4(6)5(2)7(3)9(8)11-10;1-2-5-6-3-7-8(4(1)6)9(5)7;1-3-2;/h2-8,15-16,19-23,25,33H,9-11H2,1H3,(H,30,31);3-6,11-18,21H,2,7-8H2,1H3;4-11H,2-3,13H2,1H3;2-4H,5-6H2,1H3,(H,12,13)(H,14,15);2-9H,1H2,(H,11,12);1-2,4-9H,3H2;3H2,1-2H3;1H/t15?,16?,19?,20?,21?,22?,23-,25+;11?,12?,13?,14?,15?,16?,17-,18+;4?,5?,6?,7?,8?,9?,10-,11+;;2?,3?,4?,5?,6?,7?,8-,9+;;;/m111.1.../s1. The fourth-order valence-electron chi connectivity index (χ4n) is 32.2. The van der Waals surface area contributed by atoms with Crippen molar-refractivity contribution < 1.29 is 104 Å². The lowest BCUT2D eigenvalue weighted by molar-refractivity contribution is -0.441. The van der Waals surface area contributed by atoms with Gasteiger partial charge in [-0.15, -0.1) is 8.80 Å². The van der Waals surface area contributed by atoms with Crippen LogP contribution < -0.4 is 39.4 Å². The summed E-state index contributed by atoms with van der Waals surface area (Å²) in [4.78, 5) is 61.9. The predicted molar refractivity (Wildman–Crippen MR) is 445 cm³/mol. The number of amidine groups is 2. The summed E-state index contributed by atoms with van der Waals surface area (Å²) in [6.45, 7) is 9.90. The van der Waals surface area contributed by atoms with Gasteiger partial charge in [0.2, 0.25) is 5.91 Å². The monoisotopic (exact) mass is 1800 g/mol. The van der Waals surface area contributed by atoms with E-state index in [1.807, 2.05) is 26.0 Å². The molecule has 124 heavy (non-hydrogen) atoms. The number of quaternary nitrogens is 1. The Kier molecular flexibility index (Phi) is 19.6. The highest BCUT2D eigenvalue weighted by molar-refractivity contribution is 7.91. The summed E-state index contributed by atoms with van der Waals surface area (Å²) in [5, 5.41) is 32.6. The van der Waals surface area contributed by atoms with Crippen LogP contribution in [0.2, 0.25) is 0 Å². The number of nitrogens with zero attached hydrogens (tertiary/aromatic N) is 3. The smallest absolute Gasteiger partial charge is 0.315 e. The van der Waals surface area contributed by atoms with Crippen LogP contribution in [0.1, 0.15) is 94.9 Å². The zero-order chi connectivity index (χ0) is 85.6. The molecule has 25 nitrogen and oxygen atoms in total. The van der Waals surface area contributed by atoms with E-state index in [0.29, 0.717) is 102 Å². The maximum Gasteiger partial charge on any atom is 0.315 e. The average Bonchev–Trinajstić information content (AvgIpc) is 1.46. The van der Waals surface area contributed by atoms with Crippen molar-refractivity contribution in [3.8, 4) is 0 Å². The number of sulfone groups is 2. The van der Waals surface area contributed by atoms with Gasteiger partial charge in [0.15, 0.2) is 25.5 Å². The third-order valence-electron chi connectivity index (χ3n) is 35.0. The van der Waals surface area contributed by atoms with Crippen LogP contribution >= 0.6 is 0 Å². The number of nitrogens with one attached hydrogen (secondary N) is 4. The Hall–Kier alpha value is -7.68. The molecule has 4 aromatic rings. The predicted octanol–water partition coefficient (Wildman–Crippen LogP) is 5.95. The zero-order valence-electron chi connectivity index (χ0n) is 69.7. The number of aliphatic hydroxyl groups excluding tert-OH is 1. The van der Waals surface area contributed by atoms with Crippen LogP contribution in [0, 0.1) is 213 Å². The second kappa shape index (κ2) is 29.2. The first-order chi connectivity index (χ1) is 58.7. The molecule has 33 rings (SSSR count). The highest BCUT2D eigenvalue weighted by atomic mass is 35.5. The molecular formula is C92H107ClF2N8O17S4. The molecule has 36 atom stereocenters. The van der Waals surface area contributed by atoms with Crippen LogP contribution in [0.4, 0.5) is 20.2 Å². The molecule has 24 saturated carbocycles. The molecule has 0 spiro atoms. The van der Waals surface area contributed by atoms with E-state index in [4.69, 9.17) is 14.6 Å². The summed E-state index contributed by atoms with van der Waals surface area (Å²) in [5.41, 5.74) is 6.86. The Labute approximate surface area is 727 Å². The van der Waals surface area contributed by atoms with Gasteiger partial charge in [0.05, 0.1) is 47.9 Å². The third kappa shape index (κ3) is 12.7. The van der Waals surface area contributed by atoms with E-state index in [9.17, 15) is 71.5 Å². The van der Waals surface area contributed by atoms with Crippen LogP contribution in [0.25, 0.3) is 0 Å². The minimum absolute atomic E-state index is 0. The van der Waals surface area contributed by atoms with E-state index >= 15 is 0 Å². The first kappa shape index (κ1) is 83.2. The Balaban J connectivity index is 0.0000000962. The van der Waals surface area contributed by atoms with Gasteiger partial charge in [-0.2, -0.15) is 16.8 Å². The molecule has 25 aliphatic carbocycles. The Morgan fingerprint density at radius 2 is 0.984 bits per heavy atom. The number of sulfonamides is 2. The number of ether oxygens (including phenoxy) is 2. The highest BCUT2D eigenvalue weighted by Gasteiger charge is 2.86. The first-order valence-electron chi connectivity index (χ1n) is 44.9. The summed E-state index contributed by atoms with van der Waals surface area (Å²) in [7, 11) is -15.1. The number of halogens is 3. The molecule has 29 aliphatic rings. The number of carboxylic acids is 1. The number of rotatable bonds is 16. The quantitative estimate of drug-likeness (QED) is 0.0387. The van der Waals surface area contributed by atoms with E-state index in [2.05, 4.69) is 61.8 Å². The molecule has 25 fully saturated rings. The number of esters is 2. The van der Waals surface area contributed by atoms with Gasteiger partial charge in [0.1, 0.15) is 57.0 Å². The average molecular weight is 1800 g/mol. The highest BCUT2D eigenvalue weighted by Crippen LogP contribution is 2.86. The van der Waals surface area contributed by atoms with Crippen LogP contribution in [0.5, 0.6) is 0 Å². The van der Waals surface area contributed by atoms with Crippen LogP contribution in [0.3, 0.4) is 0 Å². The van der Waals surface area contributed by atoms with Gasteiger partial charge >= 0.3 is 17.9 Å². The van der Waals surface area contributed by atoms with E-state index < -0.39 is 58.0 Å². The van der Waals surface area contributed by atoms with Crippen molar-refractivity contribution in [2.75, 3.05) is 36.4 Å². The molecule has 0 radical (unpaired) electrons. The Bertz CT molecular complexity index is 5820. The number of hydrogen-bond donors (Lipinski definition) is 7. The van der Waals surface area contributed by atoms with Crippen molar-refractivity contribution in [3.63, 3.8) is 0 Å². The molecule has 4 heterocycles. The van der Waals surface area contributed by atoms with E-state index in [1.54, 1.807) is 23.5 Å². The fraction of sp³-hybridized carbons (Fsp3) is 0.620. The summed E-state index contributed by atoms with van der Waals surface area (Å²) < 4.78 is 141. The lowest BCUT2D eigenvalue weighted by Crippen LogP contribution is -3.00. The van der Waals surface area contributed by atoms with Crippen LogP contribution in [0.15, 0.2) is 127 Å². The Morgan fingerprint density at radius 3 is 1.49 bits per heavy atom. The van der Waals surface area contributed by atoms with Crippen LogP contribution in [-0.4, -0.2) is 140 Å². The van der Waals surface area contributed by atoms with Gasteiger partial charge in [0, 0.05) is 55.6 Å². The maximum atomic E-state index is 14.2. The number of benzene rings is 4. The van der Waals surface area contributed by atoms with Gasteiger partial charge in [-0.1, -0.05) is 68.8 Å². The maximum absolute atomic E-state index is 14.2. The number of carbonyl (C=O) groups is 5. The topological polar surface area (TPSA) is 385 Å². The van der Waals surface area contributed by atoms with E-state index in [1.165, 1.54) is 104 Å². The van der Waals surface area contributed by atoms with Gasteiger partial charge in [-0.3, -0.25) is 24.0 Å². The van der Waals surface area contributed by atoms with Crippen molar-refractivity contribution in [3.05, 3.63) is 142 Å². The van der Waals surface area contributed by atoms with Crippen molar-refractivity contribution in [1.82, 2.24) is 15.5 Å². The number of allylic oxidation sites excluding steroid dienone is 2. The second-order valence-electron chi connectivity index (χ2n) is 40.7. The first-order valence-corrected chi connectivity index (χ1v) is 51.9. The number of fused-ring (bicyclic) bond motifs is 4. The molecular weight excluding hydrogens is 1690 g/mol. The number of carbonyl (C=O) groups excluding carboxylic acids is 4. The summed E-state index contributed by atoms with van der Waals surface area (Å²) in [5.74, 6) is 22.5. The number of amides is 2. The molecule has 30 bridgehead atoms. The third-order valence-corrected chi connectivity index (χ3v) is 39.4. The number of aliphatic carboxylic acids is 1. The molecule has 4 aromatic carbocycles. The minimum atomic E-state index is -4.31. The Morgan fingerprint density at radius 1 is 0.548 bits per heavy atom. The minimum Gasteiger partial charge on any atom is -1.00 e. The number of carboxylic acid groups (broad SMARTS) is 1. The lowest BCUT2D eigenvalue weighted by atomic mass is 9.77. The van der Waals surface area contributed by atoms with E-state index in [0.717, 1.165) is 137 Å². The molecule has 32 heteroatoms. The van der Waals surface area contributed by atoms with Crippen molar-refractivity contribution in [1.29, 1.82) is 0 Å². The molecule has 4 aliphatic heterocycles. The molecule has 2 amide bonds. The molecule has 1 saturated heterocycles. The summed E-state index contributed by atoms with van der Waals surface area (Å²) in [6.07, 6.45) is 14.7. The van der Waals surface area contributed by atoms with Crippen molar-refractivity contribution >= 4 is 92.5 Å². The normalized spacial score (nSPS) is 43.6. The molecule has 662 valence electrons. The second-order valence-corrected chi connectivity index (χ2v) is 48.1. The summed E-state index contributed by atoms with van der Waals surface area (Å²) in [6, 6.07) is 21.9. The van der Waals surface area contributed by atoms with Gasteiger partial charge in [-0.25, -0.2) is 25.6 Å². The van der Waals surface area contributed by atoms with Gasteiger partial charge in [-0.05, 0) is 288 Å². The number of anilines is 2. The zero-order valence-corrected chi connectivity index (χ0v) is 73.7. The largest absolute Gasteiger partial charge is 1.00 e. The van der Waals surface area contributed by atoms with Gasteiger partial charge in [0.25, 0.3) is 26.0 Å². The van der Waals surface area contributed by atoms with Gasteiger partial charge < -0.3 is 64.0 Å². The van der Waals surface area contributed by atoms with Crippen LogP contribution in [-0.2, 0) is 97.8 Å². The SMILES string of the molecule is C1=CC2C3CC4C(C13)C24.CCC.CCOC(=O)[C@@H]1C2C3CC4C2C4C3[C@@H]1NCc1ccc(F)cc1.CCOC(=O)[C@@H]1C2C3CC4C2C4C3[C@@H]1[NH3+].CS(=O)(=O)Cc1ccc2c(c1)S(=O)(=O)N=C(C1=C(O)[C@@H]3C4C5CC6C4C6C5[C@@H]3N(Cc3ccc(F)cc3)C1=O)N2.CS(=O)(=O)Cc1ccc2c(c1)S(=O)(=O)N=C(CC(=O)O)N2.O=C1N[C@H]2C3C4CC5C(C53)C4[C@@H]12.[Cl-]. The molecule has 0 aromatic heterocycles. The molecule has 28 unspecified atom stereocenters. The van der Waals surface area contributed by atoms with Crippen molar-refractivity contribution in [2.24, 2.45) is 210 Å².